The van der Waals surface area contributed by atoms with E-state index in [2.05, 4.69) is 10.6 Å². The van der Waals surface area contributed by atoms with Crippen molar-refractivity contribution in [2.45, 2.75) is 24.7 Å². The van der Waals surface area contributed by atoms with E-state index in [0.717, 1.165) is 34.9 Å². The lowest BCUT2D eigenvalue weighted by molar-refractivity contribution is 0.240. The summed E-state index contributed by atoms with van der Waals surface area (Å²) < 4.78 is 0. The van der Waals surface area contributed by atoms with Gasteiger partial charge < -0.3 is 10.6 Å². The smallest absolute Gasteiger partial charge is 0.314 e. The van der Waals surface area contributed by atoms with Crippen molar-refractivity contribution in [3.8, 4) is 0 Å². The maximum atomic E-state index is 12.0. The Bertz CT molecular complexity index is 712. The molecule has 0 spiro atoms. The van der Waals surface area contributed by atoms with Crippen LogP contribution in [0.5, 0.6) is 0 Å². The fourth-order valence-corrected chi connectivity index (χ4v) is 3.19. The minimum absolute atomic E-state index is 0.0783. The zero-order valence-electron chi connectivity index (χ0n) is 13.3. The van der Waals surface area contributed by atoms with Crippen molar-refractivity contribution in [3.63, 3.8) is 0 Å². The molecular weight excluding hydrogens is 343 g/mol. The molecule has 3 nitrogen and oxygen atoms in total. The molecule has 0 unspecified atom stereocenters. The molecule has 0 radical (unpaired) electrons. The van der Waals surface area contributed by atoms with Gasteiger partial charge in [-0.1, -0.05) is 47.5 Å². The van der Waals surface area contributed by atoms with Gasteiger partial charge in [0.15, 0.2) is 0 Å². The zero-order valence-corrected chi connectivity index (χ0v) is 14.8. The van der Waals surface area contributed by atoms with Crippen LogP contribution in [-0.2, 0) is 11.8 Å². The van der Waals surface area contributed by atoms with E-state index in [0.29, 0.717) is 13.1 Å². The fraction of sp³-hybridized carbons (Fsp3) is 0.316. The van der Waals surface area contributed by atoms with Crippen LogP contribution < -0.4 is 10.6 Å². The van der Waals surface area contributed by atoms with E-state index >= 15 is 0 Å². The lowest BCUT2D eigenvalue weighted by Gasteiger charge is -2.17. The number of carbonyl (C=O) groups is 1. The van der Waals surface area contributed by atoms with E-state index in [-0.39, 0.29) is 11.4 Å². The Morgan fingerprint density at radius 2 is 1.75 bits per heavy atom. The first-order chi connectivity index (χ1) is 11.6. The molecule has 5 heteroatoms. The van der Waals surface area contributed by atoms with Gasteiger partial charge in [0.1, 0.15) is 0 Å². The van der Waals surface area contributed by atoms with Gasteiger partial charge in [0.05, 0.1) is 0 Å². The molecule has 1 fully saturated rings. The van der Waals surface area contributed by atoms with Crippen molar-refractivity contribution >= 4 is 29.2 Å². The molecule has 0 bridgehead atoms. The zero-order chi connectivity index (χ0) is 17.0. The lowest BCUT2D eigenvalue weighted by atomic mass is 9.96. The second-order valence-corrected chi connectivity index (χ2v) is 7.15. The third-order valence-electron chi connectivity index (χ3n) is 4.49. The van der Waals surface area contributed by atoms with Crippen LogP contribution in [-0.4, -0.2) is 19.1 Å². The SMILES string of the molecule is O=C(NCCc1cccc(Cl)c1)NCC1(c2ccc(Cl)cc2)CC1. The first-order valence-corrected chi connectivity index (χ1v) is 8.85. The van der Waals surface area contributed by atoms with Crippen LogP contribution in [0.2, 0.25) is 10.0 Å². The summed E-state index contributed by atoms with van der Waals surface area (Å²) in [7, 11) is 0. The van der Waals surface area contributed by atoms with Gasteiger partial charge in [-0.25, -0.2) is 4.79 Å². The Hall–Kier alpha value is -1.71. The molecule has 1 saturated carbocycles. The summed E-state index contributed by atoms with van der Waals surface area (Å²) in [4.78, 5) is 12.0. The Balaban J connectivity index is 1.43. The third-order valence-corrected chi connectivity index (χ3v) is 4.97. The van der Waals surface area contributed by atoms with Crippen molar-refractivity contribution in [2.75, 3.05) is 13.1 Å². The first-order valence-electron chi connectivity index (χ1n) is 8.10. The van der Waals surface area contributed by atoms with Gasteiger partial charge in [-0.15, -0.1) is 0 Å². The van der Waals surface area contributed by atoms with Gasteiger partial charge in [-0.05, 0) is 54.7 Å². The summed E-state index contributed by atoms with van der Waals surface area (Å²) in [6.45, 7) is 1.23. The quantitative estimate of drug-likeness (QED) is 0.776. The van der Waals surface area contributed by atoms with E-state index in [1.54, 1.807) is 0 Å². The van der Waals surface area contributed by atoms with Crippen molar-refractivity contribution in [1.29, 1.82) is 0 Å². The Morgan fingerprint density at radius 1 is 1.00 bits per heavy atom. The molecule has 2 aromatic rings. The fourth-order valence-electron chi connectivity index (χ4n) is 2.85. The Labute approximate surface area is 152 Å². The number of nitrogens with one attached hydrogen (secondary N) is 2. The van der Waals surface area contributed by atoms with E-state index in [4.69, 9.17) is 23.2 Å². The first kappa shape index (κ1) is 17.1. The largest absolute Gasteiger partial charge is 0.338 e. The predicted octanol–water partition coefficient (Wildman–Crippen LogP) is 4.57. The van der Waals surface area contributed by atoms with Gasteiger partial charge in [0.25, 0.3) is 0 Å². The normalized spacial score (nSPS) is 14.9. The highest BCUT2D eigenvalue weighted by Crippen LogP contribution is 2.47. The highest BCUT2D eigenvalue weighted by Gasteiger charge is 2.44. The van der Waals surface area contributed by atoms with Crippen molar-refractivity contribution in [1.82, 2.24) is 10.6 Å². The molecule has 2 amide bonds. The standard InChI is InChI=1S/C19H20Cl2N2O/c20-16-6-4-15(5-7-16)19(9-10-19)13-23-18(24)22-11-8-14-2-1-3-17(21)12-14/h1-7,12H,8-11,13H2,(H2,22,23,24). The monoisotopic (exact) mass is 362 g/mol. The molecule has 0 heterocycles. The highest BCUT2D eigenvalue weighted by atomic mass is 35.5. The highest BCUT2D eigenvalue weighted by molar-refractivity contribution is 6.30. The van der Waals surface area contributed by atoms with Crippen molar-refractivity contribution in [2.24, 2.45) is 0 Å². The van der Waals surface area contributed by atoms with Crippen molar-refractivity contribution < 1.29 is 4.79 Å². The molecule has 1 aliphatic rings. The molecule has 2 aromatic carbocycles. The van der Waals surface area contributed by atoms with Gasteiger partial charge in [0, 0.05) is 28.5 Å². The minimum Gasteiger partial charge on any atom is -0.338 e. The van der Waals surface area contributed by atoms with E-state index in [9.17, 15) is 4.79 Å². The van der Waals surface area contributed by atoms with Crippen LogP contribution in [0.3, 0.4) is 0 Å². The van der Waals surface area contributed by atoms with Gasteiger partial charge in [0.2, 0.25) is 0 Å². The van der Waals surface area contributed by atoms with Crippen LogP contribution in [0.4, 0.5) is 4.79 Å². The summed E-state index contributed by atoms with van der Waals surface area (Å²) in [5.41, 5.74) is 2.43. The van der Waals surface area contributed by atoms with Crippen LogP contribution >= 0.6 is 23.2 Å². The summed E-state index contributed by atoms with van der Waals surface area (Å²) in [5, 5.41) is 7.34. The number of urea groups is 1. The van der Waals surface area contributed by atoms with Crippen LogP contribution in [0, 0.1) is 0 Å². The predicted molar refractivity (Wildman–Crippen MR) is 98.9 cm³/mol. The summed E-state index contributed by atoms with van der Waals surface area (Å²) >= 11 is 11.9. The number of halogens is 2. The second kappa shape index (κ2) is 7.45. The summed E-state index contributed by atoms with van der Waals surface area (Å²) in [6.07, 6.45) is 2.95. The average molecular weight is 363 g/mol. The molecular formula is C19H20Cl2N2O. The Morgan fingerprint density at radius 3 is 2.42 bits per heavy atom. The molecule has 126 valence electrons. The van der Waals surface area contributed by atoms with Crippen LogP contribution in [0.25, 0.3) is 0 Å². The van der Waals surface area contributed by atoms with E-state index in [1.807, 2.05) is 48.5 Å². The number of hydrogen-bond donors (Lipinski definition) is 2. The molecule has 3 rings (SSSR count). The van der Waals surface area contributed by atoms with E-state index in [1.165, 1.54) is 5.56 Å². The minimum atomic E-state index is -0.128. The molecule has 0 aromatic heterocycles. The number of hydrogen-bond acceptors (Lipinski definition) is 1. The summed E-state index contributed by atoms with van der Waals surface area (Å²) in [5.74, 6) is 0. The van der Waals surface area contributed by atoms with E-state index < -0.39 is 0 Å². The lowest BCUT2D eigenvalue weighted by Crippen LogP contribution is -2.40. The van der Waals surface area contributed by atoms with Crippen molar-refractivity contribution in [3.05, 3.63) is 69.7 Å². The molecule has 0 atom stereocenters. The Kier molecular flexibility index (Phi) is 5.32. The molecule has 0 aliphatic heterocycles. The molecule has 1 aliphatic carbocycles. The summed E-state index contributed by atoms with van der Waals surface area (Å²) in [6, 6.07) is 15.5. The molecule has 24 heavy (non-hydrogen) atoms. The molecule has 2 N–H and O–H groups in total. The number of carbonyl (C=O) groups excluding carboxylic acids is 1. The van der Waals surface area contributed by atoms with Gasteiger partial charge in [-0.3, -0.25) is 0 Å². The topological polar surface area (TPSA) is 41.1 Å². The number of benzene rings is 2. The number of amides is 2. The van der Waals surface area contributed by atoms with Crippen LogP contribution in [0.15, 0.2) is 48.5 Å². The van der Waals surface area contributed by atoms with Gasteiger partial charge in [-0.2, -0.15) is 0 Å². The maximum Gasteiger partial charge on any atom is 0.314 e. The second-order valence-electron chi connectivity index (χ2n) is 6.28. The maximum absolute atomic E-state index is 12.0. The van der Waals surface area contributed by atoms with Crippen LogP contribution in [0.1, 0.15) is 24.0 Å². The molecule has 0 saturated heterocycles. The van der Waals surface area contributed by atoms with Gasteiger partial charge >= 0.3 is 6.03 Å². The number of rotatable bonds is 6. The third kappa shape index (κ3) is 4.43. The average Bonchev–Trinajstić information content (AvgIpc) is 3.35.